The van der Waals surface area contributed by atoms with E-state index >= 15 is 0 Å². The summed E-state index contributed by atoms with van der Waals surface area (Å²) in [6.07, 6.45) is 0.249. The third kappa shape index (κ3) is 3.03. The summed E-state index contributed by atoms with van der Waals surface area (Å²) < 4.78 is 10.4. The van der Waals surface area contributed by atoms with Crippen LogP contribution in [0.1, 0.15) is 10.4 Å². The smallest absolute Gasteiger partial charge is 0.336 e. The van der Waals surface area contributed by atoms with E-state index in [1.807, 2.05) is 24.4 Å². The summed E-state index contributed by atoms with van der Waals surface area (Å²) in [4.78, 5) is 24.1. The van der Waals surface area contributed by atoms with Gasteiger partial charge >= 0.3 is 11.6 Å². The number of fused-ring (bicyclic) bond motifs is 1. The first-order valence-corrected chi connectivity index (χ1v) is 7.27. The van der Waals surface area contributed by atoms with E-state index in [9.17, 15) is 9.59 Å². The Kier molecular flexibility index (Phi) is 3.58. The van der Waals surface area contributed by atoms with Crippen LogP contribution in [0.2, 0.25) is 0 Å². The molecule has 0 saturated heterocycles. The maximum atomic E-state index is 11.9. The lowest BCUT2D eigenvalue weighted by Gasteiger charge is -2.06. The molecule has 106 valence electrons. The zero-order valence-electron chi connectivity index (χ0n) is 11.3. The number of benzene rings is 1. The standard InChI is InChI=1S/C16H12O4S/c1-10-7-15(17)20-14-5-4-11(8-13(10)14)19-16(18)9-12-3-2-6-21-12/h2-8H,9H2,1H3. The van der Waals surface area contributed by atoms with Gasteiger partial charge in [-0.2, -0.15) is 0 Å². The van der Waals surface area contributed by atoms with Gasteiger partial charge in [-0.05, 0) is 42.1 Å². The molecular formula is C16H12O4S. The molecule has 0 aliphatic carbocycles. The number of carbonyl (C=O) groups is 1. The molecular weight excluding hydrogens is 288 g/mol. The van der Waals surface area contributed by atoms with Gasteiger partial charge in [-0.15, -0.1) is 11.3 Å². The van der Waals surface area contributed by atoms with Crippen molar-refractivity contribution in [3.63, 3.8) is 0 Å². The maximum Gasteiger partial charge on any atom is 0.336 e. The summed E-state index contributed by atoms with van der Waals surface area (Å²) in [7, 11) is 0. The molecule has 0 saturated carbocycles. The average Bonchev–Trinajstić information content (AvgIpc) is 2.92. The van der Waals surface area contributed by atoms with Crippen molar-refractivity contribution in [3.05, 3.63) is 62.6 Å². The monoisotopic (exact) mass is 300 g/mol. The summed E-state index contributed by atoms with van der Waals surface area (Å²) >= 11 is 1.52. The molecule has 21 heavy (non-hydrogen) atoms. The second kappa shape index (κ2) is 5.54. The van der Waals surface area contributed by atoms with E-state index in [1.165, 1.54) is 17.4 Å². The van der Waals surface area contributed by atoms with Gasteiger partial charge in [0.15, 0.2) is 0 Å². The van der Waals surface area contributed by atoms with Gasteiger partial charge in [-0.3, -0.25) is 4.79 Å². The third-order valence-electron chi connectivity index (χ3n) is 3.05. The number of carbonyl (C=O) groups excluding carboxylic acids is 1. The fraction of sp³-hybridized carbons (Fsp3) is 0.125. The number of thiophene rings is 1. The van der Waals surface area contributed by atoms with Crippen LogP contribution in [-0.2, 0) is 11.2 Å². The first kappa shape index (κ1) is 13.6. The van der Waals surface area contributed by atoms with Gasteiger partial charge in [0.1, 0.15) is 11.3 Å². The molecule has 0 aliphatic heterocycles. The lowest BCUT2D eigenvalue weighted by atomic mass is 10.1. The lowest BCUT2D eigenvalue weighted by molar-refractivity contribution is -0.133. The van der Waals surface area contributed by atoms with Gasteiger partial charge in [-0.1, -0.05) is 6.07 Å². The van der Waals surface area contributed by atoms with E-state index in [-0.39, 0.29) is 18.0 Å². The van der Waals surface area contributed by atoms with E-state index in [0.717, 1.165) is 15.8 Å². The van der Waals surface area contributed by atoms with Crippen molar-refractivity contribution in [1.82, 2.24) is 0 Å². The molecule has 3 aromatic rings. The average molecular weight is 300 g/mol. The number of esters is 1. The minimum absolute atomic E-state index is 0.249. The van der Waals surface area contributed by atoms with Crippen LogP contribution in [0, 0.1) is 6.92 Å². The van der Waals surface area contributed by atoms with Crippen LogP contribution in [-0.4, -0.2) is 5.97 Å². The predicted octanol–water partition coefficient (Wildman–Crippen LogP) is 3.31. The number of rotatable bonds is 3. The molecule has 3 rings (SSSR count). The van der Waals surface area contributed by atoms with E-state index in [2.05, 4.69) is 0 Å². The van der Waals surface area contributed by atoms with Crippen LogP contribution in [0.4, 0.5) is 0 Å². The van der Waals surface area contributed by atoms with E-state index in [0.29, 0.717) is 11.3 Å². The Balaban J connectivity index is 1.84. The van der Waals surface area contributed by atoms with E-state index in [4.69, 9.17) is 9.15 Å². The highest BCUT2D eigenvalue weighted by molar-refractivity contribution is 7.10. The van der Waals surface area contributed by atoms with Gasteiger partial charge in [-0.25, -0.2) is 4.79 Å². The van der Waals surface area contributed by atoms with Crippen molar-refractivity contribution in [1.29, 1.82) is 0 Å². The molecule has 0 aliphatic rings. The highest BCUT2D eigenvalue weighted by Gasteiger charge is 2.09. The van der Waals surface area contributed by atoms with Gasteiger partial charge in [0.2, 0.25) is 0 Å². The Bertz CT molecular complexity index is 846. The van der Waals surface area contributed by atoms with Crippen LogP contribution in [0.5, 0.6) is 5.75 Å². The Hall–Kier alpha value is -2.40. The summed E-state index contributed by atoms with van der Waals surface area (Å²) in [5.41, 5.74) is 0.887. The van der Waals surface area contributed by atoms with Crippen molar-refractivity contribution >= 4 is 28.3 Å². The largest absolute Gasteiger partial charge is 0.426 e. The molecule has 0 fully saturated rings. The number of hydrogen-bond acceptors (Lipinski definition) is 5. The number of hydrogen-bond donors (Lipinski definition) is 0. The Morgan fingerprint density at radius 3 is 2.90 bits per heavy atom. The molecule has 5 heteroatoms. The zero-order chi connectivity index (χ0) is 14.8. The SMILES string of the molecule is Cc1cc(=O)oc2ccc(OC(=O)Cc3cccs3)cc12. The highest BCUT2D eigenvalue weighted by atomic mass is 32.1. The second-order valence-corrected chi connectivity index (χ2v) is 5.67. The minimum Gasteiger partial charge on any atom is -0.426 e. The van der Waals surface area contributed by atoms with Crippen LogP contribution >= 0.6 is 11.3 Å². The lowest BCUT2D eigenvalue weighted by Crippen LogP contribution is -2.10. The van der Waals surface area contributed by atoms with Crippen molar-refractivity contribution < 1.29 is 13.9 Å². The van der Waals surface area contributed by atoms with E-state index in [1.54, 1.807) is 18.2 Å². The van der Waals surface area contributed by atoms with Gasteiger partial charge in [0, 0.05) is 16.3 Å². The summed E-state index contributed by atoms with van der Waals surface area (Å²) in [6, 6.07) is 10.2. The molecule has 0 unspecified atom stereocenters. The Morgan fingerprint density at radius 1 is 1.29 bits per heavy atom. The van der Waals surface area contributed by atoms with Crippen molar-refractivity contribution in [2.24, 2.45) is 0 Å². The highest BCUT2D eigenvalue weighted by Crippen LogP contribution is 2.23. The summed E-state index contributed by atoms with van der Waals surface area (Å²) in [5, 5.41) is 2.68. The van der Waals surface area contributed by atoms with Gasteiger partial charge in [0.05, 0.1) is 6.42 Å². The normalized spacial score (nSPS) is 10.7. The third-order valence-corrected chi connectivity index (χ3v) is 3.93. The molecule has 0 bridgehead atoms. The molecule has 4 nitrogen and oxygen atoms in total. The van der Waals surface area contributed by atoms with Crippen molar-refractivity contribution in [3.8, 4) is 5.75 Å². The predicted molar refractivity (Wildman–Crippen MR) is 80.9 cm³/mol. The molecule has 1 aromatic carbocycles. The van der Waals surface area contributed by atoms with Gasteiger partial charge in [0.25, 0.3) is 0 Å². The molecule has 0 N–H and O–H groups in total. The van der Waals surface area contributed by atoms with Gasteiger partial charge < -0.3 is 9.15 Å². The Labute approximate surface area is 124 Å². The zero-order valence-corrected chi connectivity index (χ0v) is 12.1. The summed E-state index contributed by atoms with van der Waals surface area (Å²) in [6.45, 7) is 1.82. The minimum atomic E-state index is -0.387. The molecule has 2 aromatic heterocycles. The van der Waals surface area contributed by atoms with Crippen molar-refractivity contribution in [2.45, 2.75) is 13.3 Å². The number of ether oxygens (including phenoxy) is 1. The first-order chi connectivity index (χ1) is 10.1. The van der Waals surface area contributed by atoms with Crippen LogP contribution in [0.3, 0.4) is 0 Å². The first-order valence-electron chi connectivity index (χ1n) is 6.39. The topological polar surface area (TPSA) is 56.5 Å². The molecule has 0 spiro atoms. The number of aryl methyl sites for hydroxylation is 1. The molecule has 0 radical (unpaired) electrons. The quantitative estimate of drug-likeness (QED) is 0.423. The Morgan fingerprint density at radius 2 is 2.14 bits per heavy atom. The molecule has 0 amide bonds. The van der Waals surface area contributed by atoms with Crippen LogP contribution < -0.4 is 10.4 Å². The van der Waals surface area contributed by atoms with Crippen LogP contribution in [0.15, 0.2) is 51.0 Å². The van der Waals surface area contributed by atoms with Crippen molar-refractivity contribution in [2.75, 3.05) is 0 Å². The molecule has 2 heterocycles. The molecule has 0 atom stereocenters. The fourth-order valence-electron chi connectivity index (χ4n) is 2.09. The van der Waals surface area contributed by atoms with Crippen LogP contribution in [0.25, 0.3) is 11.0 Å². The fourth-order valence-corrected chi connectivity index (χ4v) is 2.78. The maximum absolute atomic E-state index is 11.9. The van der Waals surface area contributed by atoms with E-state index < -0.39 is 0 Å². The summed E-state index contributed by atoms with van der Waals surface area (Å²) in [5.74, 6) is 0.132. The second-order valence-electron chi connectivity index (χ2n) is 4.64.